The molecule has 3 nitrogen and oxygen atoms in total. The molecule has 52 valence electrons. The summed E-state index contributed by atoms with van der Waals surface area (Å²) in [5.74, 6) is -0.566. The van der Waals surface area contributed by atoms with Crippen molar-refractivity contribution < 1.29 is 13.7 Å². The standard InChI is InChI=1S/C4H5ClO3S/c1-8-4(6)2-3-9(5)7/h2-3H,1H3/b3-2+. The maximum absolute atomic E-state index is 10.2. The zero-order chi connectivity index (χ0) is 7.28. The lowest BCUT2D eigenvalue weighted by atomic mass is 10.7. The van der Waals surface area contributed by atoms with Crippen molar-refractivity contribution in [1.82, 2.24) is 0 Å². The summed E-state index contributed by atoms with van der Waals surface area (Å²) >= 11 is 0. The summed E-state index contributed by atoms with van der Waals surface area (Å²) in [5, 5.41) is 1.04. The Bertz CT molecular complexity index is 154. The number of hydrogen-bond acceptors (Lipinski definition) is 3. The summed E-state index contributed by atoms with van der Waals surface area (Å²) in [4.78, 5) is 10.2. The monoisotopic (exact) mass is 168 g/mol. The summed E-state index contributed by atoms with van der Waals surface area (Å²) < 4.78 is 14.2. The van der Waals surface area contributed by atoms with E-state index in [1.165, 1.54) is 7.11 Å². The lowest BCUT2D eigenvalue weighted by molar-refractivity contribution is -0.134. The number of rotatable bonds is 2. The molecular formula is C4H5ClO3S. The summed E-state index contributed by atoms with van der Waals surface area (Å²) in [7, 11) is 4.59. The van der Waals surface area contributed by atoms with Crippen LogP contribution < -0.4 is 0 Å². The number of esters is 1. The second-order valence-electron chi connectivity index (χ2n) is 1.07. The molecule has 0 bridgehead atoms. The molecule has 0 heterocycles. The summed E-state index contributed by atoms with van der Waals surface area (Å²) in [6.07, 6.45) is 1.00. The largest absolute Gasteiger partial charge is 0.466 e. The molecular weight excluding hydrogens is 164 g/mol. The molecule has 0 radical (unpaired) electrons. The van der Waals surface area contributed by atoms with E-state index in [-0.39, 0.29) is 0 Å². The fourth-order valence-electron chi connectivity index (χ4n) is 0.177. The SMILES string of the molecule is COC(=O)/C=C/S(=O)Cl. The highest BCUT2D eigenvalue weighted by Crippen LogP contribution is 1.89. The molecule has 1 unspecified atom stereocenters. The fraction of sp³-hybridized carbons (Fsp3) is 0.250. The van der Waals surface area contributed by atoms with Crippen molar-refractivity contribution in [3.05, 3.63) is 11.5 Å². The van der Waals surface area contributed by atoms with Crippen molar-refractivity contribution in [1.29, 1.82) is 0 Å². The molecule has 0 aromatic carbocycles. The Labute approximate surface area is 59.6 Å². The molecule has 1 atom stereocenters. The van der Waals surface area contributed by atoms with Crippen LogP contribution in [0.4, 0.5) is 0 Å². The van der Waals surface area contributed by atoms with Gasteiger partial charge >= 0.3 is 5.97 Å². The van der Waals surface area contributed by atoms with Gasteiger partial charge in [-0.25, -0.2) is 9.00 Å². The van der Waals surface area contributed by atoms with Gasteiger partial charge in [-0.3, -0.25) is 0 Å². The average molecular weight is 169 g/mol. The van der Waals surface area contributed by atoms with Crippen LogP contribution in [-0.4, -0.2) is 17.3 Å². The van der Waals surface area contributed by atoms with Crippen molar-refractivity contribution in [3.8, 4) is 0 Å². The van der Waals surface area contributed by atoms with Gasteiger partial charge in [0.25, 0.3) is 0 Å². The van der Waals surface area contributed by atoms with Gasteiger partial charge < -0.3 is 4.74 Å². The molecule has 0 saturated heterocycles. The van der Waals surface area contributed by atoms with Gasteiger partial charge in [-0.2, -0.15) is 0 Å². The van der Waals surface area contributed by atoms with E-state index in [4.69, 9.17) is 10.7 Å². The molecule has 0 amide bonds. The molecule has 0 saturated carbocycles. The van der Waals surface area contributed by atoms with Crippen LogP contribution in [0.3, 0.4) is 0 Å². The normalized spacial score (nSPS) is 13.6. The summed E-state index contributed by atoms with van der Waals surface area (Å²) in [6.45, 7) is 0. The lowest BCUT2D eigenvalue weighted by Gasteiger charge is -1.85. The van der Waals surface area contributed by atoms with Gasteiger partial charge in [-0.1, -0.05) is 0 Å². The zero-order valence-corrected chi connectivity index (χ0v) is 6.24. The first-order chi connectivity index (χ1) is 4.16. The van der Waals surface area contributed by atoms with Crippen LogP contribution in [0.2, 0.25) is 0 Å². The molecule has 0 aliphatic carbocycles. The predicted octanol–water partition coefficient (Wildman–Crippen LogP) is 0.576. The number of halogens is 1. The van der Waals surface area contributed by atoms with E-state index in [1.54, 1.807) is 0 Å². The van der Waals surface area contributed by atoms with Crippen molar-refractivity contribution >= 4 is 26.7 Å². The molecule has 5 heteroatoms. The minimum absolute atomic E-state index is 0.566. The molecule has 0 aromatic heterocycles. The molecule has 0 aromatic rings. The Kier molecular flexibility index (Phi) is 4.35. The second-order valence-corrected chi connectivity index (χ2v) is 2.76. The highest BCUT2D eigenvalue weighted by molar-refractivity contribution is 8.10. The van der Waals surface area contributed by atoms with Crippen LogP contribution in [0.15, 0.2) is 11.5 Å². The Morgan fingerprint density at radius 2 is 2.33 bits per heavy atom. The van der Waals surface area contributed by atoms with Crippen LogP contribution in [0, 0.1) is 0 Å². The van der Waals surface area contributed by atoms with E-state index < -0.39 is 16.0 Å². The van der Waals surface area contributed by atoms with Gasteiger partial charge in [0.1, 0.15) is 10.0 Å². The maximum atomic E-state index is 10.2. The first-order valence-electron chi connectivity index (χ1n) is 2.00. The van der Waals surface area contributed by atoms with E-state index >= 15 is 0 Å². The molecule has 0 rings (SSSR count). The Balaban J connectivity index is 3.71. The Morgan fingerprint density at radius 1 is 1.78 bits per heavy atom. The van der Waals surface area contributed by atoms with Crippen molar-refractivity contribution in [2.75, 3.05) is 7.11 Å². The highest BCUT2D eigenvalue weighted by atomic mass is 35.7. The molecule has 9 heavy (non-hydrogen) atoms. The van der Waals surface area contributed by atoms with Gasteiger partial charge in [-0.15, -0.1) is 0 Å². The number of hydrogen-bond donors (Lipinski definition) is 0. The number of carbonyl (C=O) groups excluding carboxylic acids is 1. The topological polar surface area (TPSA) is 43.4 Å². The van der Waals surface area contributed by atoms with Crippen molar-refractivity contribution in [3.63, 3.8) is 0 Å². The van der Waals surface area contributed by atoms with E-state index in [9.17, 15) is 9.00 Å². The highest BCUT2D eigenvalue weighted by Gasteiger charge is 1.90. The quantitative estimate of drug-likeness (QED) is 0.344. The van der Waals surface area contributed by atoms with E-state index in [0.717, 1.165) is 11.5 Å². The van der Waals surface area contributed by atoms with Gasteiger partial charge in [0.2, 0.25) is 0 Å². The predicted molar refractivity (Wildman–Crippen MR) is 35.2 cm³/mol. The molecule has 0 spiro atoms. The van der Waals surface area contributed by atoms with E-state index in [1.807, 2.05) is 0 Å². The zero-order valence-electron chi connectivity index (χ0n) is 4.67. The summed E-state index contributed by atoms with van der Waals surface area (Å²) in [6, 6.07) is 0. The van der Waals surface area contributed by atoms with Crippen LogP contribution in [-0.2, 0) is 19.5 Å². The lowest BCUT2D eigenvalue weighted by Crippen LogP contribution is -1.93. The van der Waals surface area contributed by atoms with Crippen molar-refractivity contribution in [2.24, 2.45) is 0 Å². The number of ether oxygens (including phenoxy) is 1. The van der Waals surface area contributed by atoms with Crippen LogP contribution >= 0.6 is 10.7 Å². The van der Waals surface area contributed by atoms with Gasteiger partial charge in [0.15, 0.2) is 0 Å². The third kappa shape index (κ3) is 5.52. The summed E-state index contributed by atoms with van der Waals surface area (Å²) in [5.41, 5.74) is 0. The third-order valence-electron chi connectivity index (χ3n) is 0.512. The molecule has 0 aliphatic heterocycles. The third-order valence-corrected chi connectivity index (χ3v) is 1.17. The number of methoxy groups -OCH3 is 1. The average Bonchev–Trinajstić information content (AvgIpc) is 1.83. The number of carbonyl (C=O) groups is 1. The van der Waals surface area contributed by atoms with Crippen LogP contribution in [0.1, 0.15) is 0 Å². The molecule has 0 aliphatic rings. The Hall–Kier alpha value is -0.350. The smallest absolute Gasteiger partial charge is 0.331 e. The van der Waals surface area contributed by atoms with Crippen LogP contribution in [0.25, 0.3) is 0 Å². The minimum atomic E-state index is -1.60. The maximum Gasteiger partial charge on any atom is 0.331 e. The van der Waals surface area contributed by atoms with Gasteiger partial charge in [-0.05, 0) is 10.7 Å². The first kappa shape index (κ1) is 8.65. The van der Waals surface area contributed by atoms with Gasteiger partial charge in [0.05, 0.1) is 7.11 Å². The fourth-order valence-corrected chi connectivity index (χ4v) is 0.549. The second kappa shape index (κ2) is 4.52. The van der Waals surface area contributed by atoms with E-state index in [0.29, 0.717) is 0 Å². The van der Waals surface area contributed by atoms with Crippen LogP contribution in [0.5, 0.6) is 0 Å². The van der Waals surface area contributed by atoms with Crippen molar-refractivity contribution in [2.45, 2.75) is 0 Å². The van der Waals surface area contributed by atoms with E-state index in [2.05, 4.69) is 4.74 Å². The Morgan fingerprint density at radius 3 is 2.67 bits per heavy atom. The molecule has 0 fully saturated rings. The van der Waals surface area contributed by atoms with Gasteiger partial charge in [0, 0.05) is 11.5 Å². The first-order valence-corrected chi connectivity index (χ1v) is 4.03. The molecule has 0 N–H and O–H groups in total. The minimum Gasteiger partial charge on any atom is -0.466 e.